The van der Waals surface area contributed by atoms with Gasteiger partial charge in [0.05, 0.1) is 30.0 Å². The highest BCUT2D eigenvalue weighted by Crippen LogP contribution is 2.37. The number of nitrogens with one attached hydrogen (secondary N) is 2. The van der Waals surface area contributed by atoms with Gasteiger partial charge in [-0.3, -0.25) is 15.4 Å². The van der Waals surface area contributed by atoms with Crippen LogP contribution in [0.3, 0.4) is 0 Å². The number of carbonyl (C=O) groups excluding carboxylic acids is 1. The molecule has 0 saturated carbocycles. The number of halogens is 1. The van der Waals surface area contributed by atoms with Crippen molar-refractivity contribution in [1.82, 2.24) is 24.6 Å². The average molecular weight is 328 g/mol. The monoisotopic (exact) mass is 328 g/mol. The minimum atomic E-state index is -1.22. The molecule has 3 aromatic rings. The summed E-state index contributed by atoms with van der Waals surface area (Å²) in [5.74, 6) is 0.489. The van der Waals surface area contributed by atoms with Gasteiger partial charge in [-0.05, 0) is 12.0 Å². The third kappa shape index (κ3) is 2.30. The Balaban J connectivity index is 1.73. The number of imidazole rings is 1. The Bertz CT molecular complexity index is 946. The third-order valence-electron chi connectivity index (χ3n) is 4.11. The summed E-state index contributed by atoms with van der Waals surface area (Å²) in [6, 6.07) is 0. The van der Waals surface area contributed by atoms with Crippen molar-refractivity contribution in [2.75, 3.05) is 5.32 Å². The molecule has 1 aliphatic rings. The minimum Gasteiger partial charge on any atom is -0.302 e. The first-order valence-corrected chi connectivity index (χ1v) is 7.31. The molecular weight excluding hydrogens is 315 g/mol. The van der Waals surface area contributed by atoms with Crippen LogP contribution in [0, 0.1) is 5.92 Å². The quantitative estimate of drug-likeness (QED) is 0.754. The first-order chi connectivity index (χ1) is 11.7. The van der Waals surface area contributed by atoms with Crippen LogP contribution < -0.4 is 5.32 Å². The highest BCUT2D eigenvalue weighted by molar-refractivity contribution is 5.83. The largest absolute Gasteiger partial charge is 0.450 e. The Morgan fingerprint density at radius 3 is 3.12 bits per heavy atom. The van der Waals surface area contributed by atoms with E-state index in [1.165, 1.54) is 0 Å². The predicted molar refractivity (Wildman–Crippen MR) is 82.8 cm³/mol. The molecule has 0 radical (unpaired) electrons. The molecule has 2 atom stereocenters. The van der Waals surface area contributed by atoms with E-state index in [2.05, 4.69) is 43.4 Å². The lowest BCUT2D eigenvalue weighted by atomic mass is 9.81. The molecule has 4 rings (SSSR count). The Morgan fingerprint density at radius 2 is 2.29 bits per heavy atom. The van der Waals surface area contributed by atoms with E-state index in [9.17, 15) is 9.32 Å². The maximum absolute atomic E-state index is 11.8. The van der Waals surface area contributed by atoms with Crippen molar-refractivity contribution in [3.05, 3.63) is 47.8 Å². The lowest BCUT2D eigenvalue weighted by Crippen LogP contribution is -2.15. The number of H-pyrrole nitrogens is 1. The summed E-state index contributed by atoms with van der Waals surface area (Å²) >= 11 is 0. The highest BCUT2D eigenvalue weighted by atomic mass is 19.3. The van der Waals surface area contributed by atoms with Crippen molar-refractivity contribution >= 4 is 23.6 Å². The molecule has 0 fully saturated rings. The number of fused-ring (bicyclic) bond motifs is 2. The summed E-state index contributed by atoms with van der Waals surface area (Å²) in [4.78, 5) is 22.6. The second kappa shape index (κ2) is 5.44. The van der Waals surface area contributed by atoms with Gasteiger partial charge >= 0.3 is 6.09 Å². The summed E-state index contributed by atoms with van der Waals surface area (Å²) in [5, 5.41) is 9.25. The summed E-state index contributed by atoms with van der Waals surface area (Å²) in [6.45, 7) is 2.11. The van der Waals surface area contributed by atoms with Crippen LogP contribution in [0.4, 0.5) is 15.1 Å². The van der Waals surface area contributed by atoms with Crippen molar-refractivity contribution in [2.45, 2.75) is 12.8 Å². The molecule has 0 aliphatic heterocycles. The fourth-order valence-electron chi connectivity index (χ4n) is 3.02. The van der Waals surface area contributed by atoms with E-state index in [0.717, 1.165) is 17.0 Å². The molecule has 0 bridgehead atoms. The zero-order valence-electron chi connectivity index (χ0n) is 12.6. The van der Waals surface area contributed by atoms with Gasteiger partial charge in [0, 0.05) is 22.2 Å². The van der Waals surface area contributed by atoms with Crippen molar-refractivity contribution in [3.63, 3.8) is 0 Å². The van der Waals surface area contributed by atoms with Gasteiger partial charge < -0.3 is 4.40 Å². The minimum absolute atomic E-state index is 0.0581. The molecule has 1 aliphatic carbocycles. The van der Waals surface area contributed by atoms with Gasteiger partial charge in [-0.2, -0.15) is 5.10 Å². The maximum atomic E-state index is 11.8. The summed E-state index contributed by atoms with van der Waals surface area (Å²) in [5.41, 5.74) is 3.42. The van der Waals surface area contributed by atoms with Crippen molar-refractivity contribution in [3.8, 4) is 0 Å². The highest BCUT2D eigenvalue weighted by Gasteiger charge is 2.27. The molecule has 1 amide bonds. The number of hydrogen-bond acceptors (Lipinski definition) is 5. The van der Waals surface area contributed by atoms with Gasteiger partial charge in [0.2, 0.25) is 0 Å². The van der Waals surface area contributed by atoms with Crippen LogP contribution in [0.25, 0.3) is 11.7 Å². The lowest BCUT2D eigenvalue weighted by Gasteiger charge is -2.24. The zero-order valence-corrected chi connectivity index (χ0v) is 12.6. The number of anilines is 1. The fourth-order valence-corrected chi connectivity index (χ4v) is 3.02. The maximum Gasteiger partial charge on any atom is 0.450 e. The van der Waals surface area contributed by atoms with Gasteiger partial charge in [-0.25, -0.2) is 14.7 Å². The summed E-state index contributed by atoms with van der Waals surface area (Å²) in [7, 11) is 0. The van der Waals surface area contributed by atoms with Gasteiger partial charge in [0.1, 0.15) is 0 Å². The topological polar surface area (TPSA) is 97.2 Å². The van der Waals surface area contributed by atoms with E-state index >= 15 is 0 Å². The van der Waals surface area contributed by atoms with Crippen LogP contribution in [-0.4, -0.2) is 30.7 Å². The molecule has 8 nitrogen and oxygen atoms in total. The Kier molecular flexibility index (Phi) is 3.26. The zero-order chi connectivity index (χ0) is 16.7. The van der Waals surface area contributed by atoms with Crippen molar-refractivity contribution < 1.29 is 14.3 Å². The second-order valence-corrected chi connectivity index (χ2v) is 5.63. The van der Waals surface area contributed by atoms with Crippen LogP contribution in [0.5, 0.6) is 0 Å². The molecule has 2 unspecified atom stereocenters. The number of nitrogens with zero attached hydrogens (tertiary/aromatic N) is 4. The van der Waals surface area contributed by atoms with E-state index in [0.29, 0.717) is 5.65 Å². The first kappa shape index (κ1) is 14.4. The number of aromatic amines is 1. The summed E-state index contributed by atoms with van der Waals surface area (Å²) < 4.78 is 13.5. The molecule has 3 heterocycles. The van der Waals surface area contributed by atoms with Crippen LogP contribution in [0.2, 0.25) is 0 Å². The number of rotatable bonds is 2. The Hall–Kier alpha value is -3.23. The van der Waals surface area contributed by atoms with E-state index in [1.807, 2.05) is 18.5 Å². The molecule has 0 saturated heterocycles. The molecule has 122 valence electrons. The van der Waals surface area contributed by atoms with Gasteiger partial charge in [0.15, 0.2) is 11.5 Å². The average Bonchev–Trinajstić information content (AvgIpc) is 3.19. The van der Waals surface area contributed by atoms with Crippen LogP contribution >= 0.6 is 0 Å². The normalized spacial score (nSPS) is 19.2. The smallest absolute Gasteiger partial charge is 0.302 e. The Morgan fingerprint density at radius 1 is 1.42 bits per heavy atom. The Labute approximate surface area is 135 Å². The molecule has 2 N–H and O–H groups in total. The number of aromatic nitrogens is 5. The number of allylic oxidation sites excluding steroid dienone is 1. The van der Waals surface area contributed by atoms with Gasteiger partial charge in [-0.1, -0.05) is 13.0 Å². The standard InChI is InChI=1S/C15H13FN6O2/c1-8-2-3-10-9(4-18-21-10)14(8)11-6-22-7-12(20-15(23)24-16)19-13(22)5-17-11/h2-8,14H,1H3,(H,18,21)(H,20,23). The third-order valence-corrected chi connectivity index (χ3v) is 4.11. The van der Waals surface area contributed by atoms with Crippen LogP contribution in [0.15, 0.2) is 30.9 Å². The van der Waals surface area contributed by atoms with Crippen LogP contribution in [0.1, 0.15) is 29.8 Å². The predicted octanol–water partition coefficient (Wildman–Crippen LogP) is 2.68. The molecule has 9 heteroatoms. The van der Waals surface area contributed by atoms with Crippen LogP contribution in [-0.2, 0) is 4.94 Å². The molecule has 0 aromatic carbocycles. The van der Waals surface area contributed by atoms with E-state index in [4.69, 9.17) is 0 Å². The fraction of sp³-hybridized carbons (Fsp3) is 0.200. The number of carbonyl (C=O) groups is 1. The molecule has 24 heavy (non-hydrogen) atoms. The first-order valence-electron chi connectivity index (χ1n) is 7.31. The summed E-state index contributed by atoms with van der Waals surface area (Å²) in [6.07, 6.45) is 9.72. The van der Waals surface area contributed by atoms with Gasteiger partial charge in [0.25, 0.3) is 0 Å². The van der Waals surface area contributed by atoms with Crippen molar-refractivity contribution in [1.29, 1.82) is 0 Å². The second-order valence-electron chi connectivity index (χ2n) is 5.63. The number of hydrogen-bond donors (Lipinski definition) is 2. The SMILES string of the molecule is CC1C=Cc2[nH]ncc2C1c1cn2cc(NC(=O)OF)nc2cn1. The molecular formula is C15H13FN6O2. The number of amides is 1. The van der Waals surface area contributed by atoms with Crippen molar-refractivity contribution in [2.24, 2.45) is 5.92 Å². The van der Waals surface area contributed by atoms with E-state index in [1.54, 1.807) is 16.8 Å². The molecule has 3 aromatic heterocycles. The van der Waals surface area contributed by atoms with E-state index in [-0.39, 0.29) is 17.7 Å². The molecule has 0 spiro atoms. The lowest BCUT2D eigenvalue weighted by molar-refractivity contribution is -0.0544. The van der Waals surface area contributed by atoms with E-state index < -0.39 is 6.09 Å². The van der Waals surface area contributed by atoms with Gasteiger partial charge in [-0.15, -0.1) is 0 Å².